The topological polar surface area (TPSA) is 17.4 Å². The molecule has 0 bridgehead atoms. The minimum absolute atomic E-state index is 0.253. The molecule has 7 aromatic carbocycles. The molecule has 44 heavy (non-hydrogen) atoms. The maximum absolute atomic E-state index is 7.06. The van der Waals surface area contributed by atoms with E-state index < -0.39 is 0 Å². The molecular weight excluding hydrogens is 535 g/mol. The molecule has 0 fully saturated rings. The summed E-state index contributed by atoms with van der Waals surface area (Å²) in [7, 11) is 0. The molecule has 1 aromatic heterocycles. The van der Waals surface area contributed by atoms with Crippen molar-refractivity contribution in [2.45, 2.75) is 0 Å². The van der Waals surface area contributed by atoms with Crippen LogP contribution in [0.25, 0.3) is 49.3 Å². The summed E-state index contributed by atoms with van der Waals surface area (Å²) >= 11 is 0. The van der Waals surface area contributed by atoms with E-state index in [9.17, 15) is 0 Å². The lowest BCUT2D eigenvalue weighted by molar-refractivity contribution is 0.590. The largest absolute Gasteiger partial charge is 0.551 e. The third-order valence-electron chi connectivity index (χ3n) is 9.37. The van der Waals surface area contributed by atoms with Crippen molar-refractivity contribution in [1.82, 2.24) is 4.57 Å². The van der Waals surface area contributed by atoms with Crippen molar-refractivity contribution in [2.24, 2.45) is 0 Å². The Morgan fingerprint density at radius 2 is 1.25 bits per heavy atom. The van der Waals surface area contributed by atoms with Gasteiger partial charge >= 0.3 is 6.92 Å². The number of hydrogen-bond donors (Lipinski definition) is 0. The summed E-state index contributed by atoms with van der Waals surface area (Å²) in [6, 6.07) is 52.4. The molecule has 0 radical (unpaired) electrons. The molecule has 3 heterocycles. The van der Waals surface area contributed by atoms with E-state index in [-0.39, 0.29) is 6.92 Å². The Morgan fingerprint density at radius 1 is 0.500 bits per heavy atom. The highest BCUT2D eigenvalue weighted by Crippen LogP contribution is 2.47. The van der Waals surface area contributed by atoms with Crippen LogP contribution in [0.1, 0.15) is 0 Å². The maximum atomic E-state index is 7.06. The van der Waals surface area contributed by atoms with Gasteiger partial charge in [0.1, 0.15) is 5.75 Å². The first kappa shape index (κ1) is 23.8. The van der Waals surface area contributed by atoms with Gasteiger partial charge in [-0.25, -0.2) is 0 Å². The predicted molar refractivity (Wildman–Crippen MR) is 184 cm³/mol. The van der Waals surface area contributed by atoms with Gasteiger partial charge in [0, 0.05) is 45.1 Å². The van der Waals surface area contributed by atoms with E-state index in [0.29, 0.717) is 0 Å². The standard InChI is InChI=1S/C40H25BN2O/c1-2-13-30(14-3-1)42-23-22-29-25-34-33-16-8-9-17-36(33)44-41-37-32-15-7-6-11-27(32)19-21-35(37)43(40(38(34)41)39(29)42)31-20-18-26-10-4-5-12-28(26)24-31/h1-25H. The zero-order valence-electron chi connectivity index (χ0n) is 23.8. The summed E-state index contributed by atoms with van der Waals surface area (Å²) < 4.78 is 9.40. The van der Waals surface area contributed by atoms with Crippen LogP contribution in [0.15, 0.2) is 152 Å². The highest BCUT2D eigenvalue weighted by molar-refractivity contribution is 6.87. The normalized spacial score (nSPS) is 13.1. The number of nitrogens with zero attached hydrogens (tertiary/aromatic N) is 2. The van der Waals surface area contributed by atoms with Gasteiger partial charge in [0.15, 0.2) is 0 Å². The second-order valence-electron chi connectivity index (χ2n) is 11.7. The Balaban J connectivity index is 1.40. The second-order valence-corrected chi connectivity index (χ2v) is 11.7. The quantitative estimate of drug-likeness (QED) is 0.197. The Kier molecular flexibility index (Phi) is 4.80. The minimum Gasteiger partial charge on any atom is -0.551 e. The first-order chi connectivity index (χ1) is 21.8. The molecule has 4 heteroatoms. The summed E-state index contributed by atoms with van der Waals surface area (Å²) in [5, 5.41) is 6.08. The molecule has 0 saturated carbocycles. The van der Waals surface area contributed by atoms with Gasteiger partial charge in [-0.05, 0) is 75.6 Å². The molecule has 204 valence electrons. The van der Waals surface area contributed by atoms with E-state index in [2.05, 4.69) is 161 Å². The van der Waals surface area contributed by atoms with Gasteiger partial charge in [0.2, 0.25) is 0 Å². The zero-order valence-corrected chi connectivity index (χ0v) is 23.8. The van der Waals surface area contributed by atoms with Crippen LogP contribution in [0.4, 0.5) is 17.1 Å². The minimum atomic E-state index is -0.253. The molecule has 0 atom stereocenters. The third-order valence-corrected chi connectivity index (χ3v) is 9.37. The summed E-state index contributed by atoms with van der Waals surface area (Å²) in [5.74, 6) is 0.927. The fourth-order valence-corrected chi connectivity index (χ4v) is 7.46. The van der Waals surface area contributed by atoms with Gasteiger partial charge in [0.05, 0.1) is 11.2 Å². The van der Waals surface area contributed by atoms with Crippen LogP contribution in [-0.4, -0.2) is 11.5 Å². The van der Waals surface area contributed by atoms with Crippen molar-refractivity contribution in [1.29, 1.82) is 0 Å². The lowest BCUT2D eigenvalue weighted by Gasteiger charge is -2.41. The molecule has 10 rings (SSSR count). The van der Waals surface area contributed by atoms with Crippen molar-refractivity contribution < 1.29 is 4.65 Å². The average molecular weight is 560 g/mol. The molecule has 0 unspecified atom stereocenters. The number of rotatable bonds is 2. The first-order valence-electron chi connectivity index (χ1n) is 15.1. The molecule has 0 saturated heterocycles. The average Bonchev–Trinajstić information content (AvgIpc) is 3.52. The predicted octanol–water partition coefficient (Wildman–Crippen LogP) is 8.89. The molecule has 8 aromatic rings. The SMILES string of the molecule is c1ccc(-n2ccc3cc4c5c(c32)N(c2ccc3ccccc3c2)c2ccc3ccccc3c2B5Oc2ccccc2-4)cc1. The van der Waals surface area contributed by atoms with Crippen LogP contribution in [-0.2, 0) is 0 Å². The number of para-hydroxylation sites is 2. The fraction of sp³-hybridized carbons (Fsp3) is 0. The second kappa shape index (κ2) is 8.89. The van der Waals surface area contributed by atoms with E-state index in [1.54, 1.807) is 0 Å². The lowest BCUT2D eigenvalue weighted by Crippen LogP contribution is -2.56. The van der Waals surface area contributed by atoms with Crippen molar-refractivity contribution in [3.05, 3.63) is 152 Å². The fourth-order valence-electron chi connectivity index (χ4n) is 7.46. The van der Waals surface area contributed by atoms with Crippen LogP contribution in [0.5, 0.6) is 5.75 Å². The van der Waals surface area contributed by atoms with Crippen molar-refractivity contribution in [3.8, 4) is 22.6 Å². The molecular formula is C40H25BN2O. The molecule has 3 nitrogen and oxygen atoms in total. The van der Waals surface area contributed by atoms with Crippen molar-refractivity contribution >= 4 is 67.4 Å². The van der Waals surface area contributed by atoms with Gasteiger partial charge in [-0.1, -0.05) is 97.1 Å². The Labute approximate surface area is 255 Å². The van der Waals surface area contributed by atoms with Gasteiger partial charge in [-0.2, -0.15) is 0 Å². The Hall–Kier alpha value is -5.74. The summed E-state index contributed by atoms with van der Waals surface area (Å²) in [5.41, 5.74) is 10.5. The van der Waals surface area contributed by atoms with Gasteiger partial charge in [-0.3, -0.25) is 0 Å². The molecule has 2 aliphatic heterocycles. The zero-order chi connectivity index (χ0) is 28.8. The van der Waals surface area contributed by atoms with Crippen molar-refractivity contribution in [3.63, 3.8) is 0 Å². The van der Waals surface area contributed by atoms with Crippen LogP contribution in [0.3, 0.4) is 0 Å². The smallest absolute Gasteiger partial charge is 0.432 e. The molecule has 0 amide bonds. The van der Waals surface area contributed by atoms with E-state index in [1.807, 2.05) is 0 Å². The monoisotopic (exact) mass is 560 g/mol. The van der Waals surface area contributed by atoms with Crippen LogP contribution in [0, 0.1) is 0 Å². The Bertz CT molecular complexity index is 2450. The van der Waals surface area contributed by atoms with Gasteiger partial charge < -0.3 is 14.1 Å². The highest BCUT2D eigenvalue weighted by Gasteiger charge is 2.45. The number of aromatic nitrogens is 1. The summed E-state index contributed by atoms with van der Waals surface area (Å²) in [4.78, 5) is 2.49. The van der Waals surface area contributed by atoms with Crippen LogP contribution < -0.4 is 20.5 Å². The summed E-state index contributed by atoms with van der Waals surface area (Å²) in [6.07, 6.45) is 2.21. The third kappa shape index (κ3) is 3.22. The Morgan fingerprint density at radius 3 is 2.16 bits per heavy atom. The van der Waals surface area contributed by atoms with Gasteiger partial charge in [0.25, 0.3) is 0 Å². The van der Waals surface area contributed by atoms with Crippen molar-refractivity contribution in [2.75, 3.05) is 4.90 Å². The van der Waals surface area contributed by atoms with Crippen LogP contribution in [0.2, 0.25) is 0 Å². The summed E-state index contributed by atoms with van der Waals surface area (Å²) in [6.45, 7) is -0.253. The molecule has 0 spiro atoms. The van der Waals surface area contributed by atoms with Crippen LogP contribution >= 0.6 is 0 Å². The molecule has 0 N–H and O–H groups in total. The first-order valence-corrected chi connectivity index (χ1v) is 15.1. The lowest BCUT2D eigenvalue weighted by atomic mass is 9.48. The number of anilines is 3. The van der Waals surface area contributed by atoms with E-state index in [0.717, 1.165) is 28.4 Å². The van der Waals surface area contributed by atoms with E-state index in [1.165, 1.54) is 54.6 Å². The molecule has 0 aliphatic carbocycles. The van der Waals surface area contributed by atoms with E-state index >= 15 is 0 Å². The number of benzene rings is 7. The maximum Gasteiger partial charge on any atom is 0.432 e. The molecule has 2 aliphatic rings. The number of fused-ring (bicyclic) bond motifs is 9. The number of hydrogen-bond acceptors (Lipinski definition) is 2. The van der Waals surface area contributed by atoms with E-state index in [4.69, 9.17) is 4.65 Å². The highest BCUT2D eigenvalue weighted by atomic mass is 16.4. The van der Waals surface area contributed by atoms with Gasteiger partial charge in [-0.15, -0.1) is 0 Å².